The lowest BCUT2D eigenvalue weighted by atomic mass is 9.88. The van der Waals surface area contributed by atoms with E-state index >= 15 is 0 Å². The van der Waals surface area contributed by atoms with Gasteiger partial charge in [-0.15, -0.1) is 0 Å². The van der Waals surface area contributed by atoms with Crippen molar-refractivity contribution >= 4 is 27.9 Å². The van der Waals surface area contributed by atoms with Crippen molar-refractivity contribution in [1.29, 1.82) is 0 Å². The second-order valence-corrected chi connectivity index (χ2v) is 6.81. The fourth-order valence-electron chi connectivity index (χ4n) is 2.97. The van der Waals surface area contributed by atoms with E-state index < -0.39 is 5.54 Å². The maximum Gasteiger partial charge on any atom is 0.325 e. The van der Waals surface area contributed by atoms with Gasteiger partial charge in [-0.3, -0.25) is 9.69 Å². The summed E-state index contributed by atoms with van der Waals surface area (Å²) < 4.78 is 0.920. The highest BCUT2D eigenvalue weighted by Gasteiger charge is 2.49. The third-order valence-electron chi connectivity index (χ3n) is 4.19. The number of amides is 3. The summed E-state index contributed by atoms with van der Waals surface area (Å²) >= 11 is 3.41. The van der Waals surface area contributed by atoms with Gasteiger partial charge in [0.05, 0.1) is 6.54 Å². The van der Waals surface area contributed by atoms with Crippen LogP contribution in [0.1, 0.15) is 23.6 Å². The first kappa shape index (κ1) is 15.7. The number of rotatable bonds is 3. The van der Waals surface area contributed by atoms with Crippen molar-refractivity contribution in [1.82, 2.24) is 10.2 Å². The lowest BCUT2D eigenvalue weighted by Gasteiger charge is -2.24. The van der Waals surface area contributed by atoms with Gasteiger partial charge < -0.3 is 5.32 Å². The summed E-state index contributed by atoms with van der Waals surface area (Å²) in [5, 5.41) is 2.85. The molecule has 2 aromatic carbocycles. The van der Waals surface area contributed by atoms with Gasteiger partial charge in [-0.1, -0.05) is 52.3 Å². The summed E-state index contributed by atoms with van der Waals surface area (Å²) in [6, 6.07) is 14.9. The minimum Gasteiger partial charge on any atom is -0.319 e. The van der Waals surface area contributed by atoms with Crippen molar-refractivity contribution in [3.63, 3.8) is 0 Å². The first-order chi connectivity index (χ1) is 10.9. The summed E-state index contributed by atoms with van der Waals surface area (Å²) in [6.45, 7) is 3.96. The maximum atomic E-state index is 12.9. The molecule has 118 valence electrons. The molecule has 2 aromatic rings. The molecule has 1 unspecified atom stereocenters. The van der Waals surface area contributed by atoms with Gasteiger partial charge in [0.1, 0.15) is 5.54 Å². The lowest BCUT2D eigenvalue weighted by molar-refractivity contribution is -0.131. The number of imide groups is 1. The van der Waals surface area contributed by atoms with Crippen molar-refractivity contribution in [3.8, 4) is 0 Å². The molecule has 0 radical (unpaired) electrons. The van der Waals surface area contributed by atoms with Crippen LogP contribution in [0.3, 0.4) is 0 Å². The number of hydrogen-bond acceptors (Lipinski definition) is 2. The van der Waals surface area contributed by atoms with Crippen LogP contribution in [-0.2, 0) is 16.9 Å². The number of carbonyl (C=O) groups excluding carboxylic acids is 2. The second-order valence-electron chi connectivity index (χ2n) is 5.89. The fraction of sp³-hybridized carbons (Fsp3) is 0.222. The molecule has 1 saturated heterocycles. The zero-order valence-corrected chi connectivity index (χ0v) is 14.6. The predicted octanol–water partition coefficient (Wildman–Crippen LogP) is 3.72. The van der Waals surface area contributed by atoms with Gasteiger partial charge in [0.25, 0.3) is 5.91 Å². The number of urea groups is 1. The van der Waals surface area contributed by atoms with Crippen LogP contribution < -0.4 is 5.32 Å². The Balaban J connectivity index is 1.92. The van der Waals surface area contributed by atoms with Crippen LogP contribution in [0.4, 0.5) is 4.79 Å². The Morgan fingerprint density at radius 1 is 1.13 bits per heavy atom. The normalized spacial score (nSPS) is 20.7. The van der Waals surface area contributed by atoms with Crippen molar-refractivity contribution < 1.29 is 9.59 Å². The largest absolute Gasteiger partial charge is 0.325 e. The summed E-state index contributed by atoms with van der Waals surface area (Å²) in [7, 11) is 0. The van der Waals surface area contributed by atoms with Crippen LogP contribution in [0.25, 0.3) is 0 Å². The molecule has 1 heterocycles. The van der Waals surface area contributed by atoms with E-state index in [4.69, 9.17) is 0 Å². The molecule has 4 nitrogen and oxygen atoms in total. The summed E-state index contributed by atoms with van der Waals surface area (Å²) in [5.74, 6) is -0.225. The van der Waals surface area contributed by atoms with E-state index in [9.17, 15) is 9.59 Å². The van der Waals surface area contributed by atoms with Crippen molar-refractivity contribution in [3.05, 3.63) is 69.7 Å². The quantitative estimate of drug-likeness (QED) is 0.834. The Labute approximate surface area is 143 Å². The van der Waals surface area contributed by atoms with Gasteiger partial charge in [-0.05, 0) is 42.7 Å². The number of nitrogens with zero attached hydrogens (tertiary/aromatic N) is 1. The zero-order chi connectivity index (χ0) is 16.6. The molecule has 0 bridgehead atoms. The molecule has 1 N–H and O–H groups in total. The third kappa shape index (κ3) is 2.77. The molecule has 3 rings (SSSR count). The first-order valence-corrected chi connectivity index (χ1v) is 8.16. The highest BCUT2D eigenvalue weighted by atomic mass is 79.9. The molecule has 1 aliphatic heterocycles. The van der Waals surface area contributed by atoms with Crippen LogP contribution in [-0.4, -0.2) is 16.8 Å². The van der Waals surface area contributed by atoms with Crippen LogP contribution >= 0.6 is 15.9 Å². The van der Waals surface area contributed by atoms with Crippen LogP contribution in [0.15, 0.2) is 53.0 Å². The molecule has 0 saturated carbocycles. The zero-order valence-electron chi connectivity index (χ0n) is 13.0. The van der Waals surface area contributed by atoms with E-state index in [2.05, 4.69) is 21.2 Å². The number of benzene rings is 2. The van der Waals surface area contributed by atoms with Gasteiger partial charge in [-0.2, -0.15) is 0 Å². The molecule has 0 aliphatic carbocycles. The molecule has 1 aliphatic rings. The molecular formula is C18H17BrN2O2. The van der Waals surface area contributed by atoms with Gasteiger partial charge in [-0.25, -0.2) is 4.79 Å². The summed E-state index contributed by atoms with van der Waals surface area (Å²) in [6.07, 6.45) is 0. The van der Waals surface area contributed by atoms with Crippen LogP contribution in [0.2, 0.25) is 0 Å². The SMILES string of the molecule is Cc1ccccc1C1(C)NC(=O)N(Cc2cccc(Br)c2)C1=O. The molecule has 3 amide bonds. The van der Waals surface area contributed by atoms with Gasteiger partial charge in [0.15, 0.2) is 0 Å². The average molecular weight is 373 g/mol. The number of carbonyl (C=O) groups is 2. The fourth-order valence-corrected chi connectivity index (χ4v) is 3.42. The number of hydrogen-bond donors (Lipinski definition) is 1. The van der Waals surface area contributed by atoms with E-state index in [0.29, 0.717) is 0 Å². The Morgan fingerprint density at radius 3 is 2.57 bits per heavy atom. The topological polar surface area (TPSA) is 49.4 Å². The highest BCUT2D eigenvalue weighted by Crippen LogP contribution is 2.31. The number of aryl methyl sites for hydroxylation is 1. The summed E-state index contributed by atoms with van der Waals surface area (Å²) in [4.78, 5) is 26.5. The average Bonchev–Trinajstić information content (AvgIpc) is 2.72. The standard InChI is InChI=1S/C18H17BrN2O2/c1-12-6-3-4-9-15(12)18(2)16(22)21(17(23)20-18)11-13-7-5-8-14(19)10-13/h3-10H,11H2,1-2H3,(H,20,23). The summed E-state index contributed by atoms with van der Waals surface area (Å²) in [5.41, 5.74) is 1.69. The maximum absolute atomic E-state index is 12.9. The molecule has 1 atom stereocenters. The Hall–Kier alpha value is -2.14. The van der Waals surface area contributed by atoms with Crippen molar-refractivity contribution in [2.45, 2.75) is 25.9 Å². The monoisotopic (exact) mass is 372 g/mol. The van der Waals surface area contributed by atoms with Crippen molar-refractivity contribution in [2.24, 2.45) is 0 Å². The Bertz CT molecular complexity index is 790. The van der Waals surface area contributed by atoms with Gasteiger partial charge in [0.2, 0.25) is 0 Å². The van der Waals surface area contributed by atoms with Gasteiger partial charge >= 0.3 is 6.03 Å². The Morgan fingerprint density at radius 2 is 1.87 bits per heavy atom. The van der Waals surface area contributed by atoms with E-state index in [0.717, 1.165) is 21.2 Å². The minimum atomic E-state index is -1.02. The van der Waals surface area contributed by atoms with Gasteiger partial charge in [0, 0.05) is 4.47 Å². The van der Waals surface area contributed by atoms with Crippen LogP contribution in [0, 0.1) is 6.92 Å². The number of halogens is 1. The van der Waals surface area contributed by atoms with E-state index in [-0.39, 0.29) is 18.5 Å². The smallest absolute Gasteiger partial charge is 0.319 e. The third-order valence-corrected chi connectivity index (χ3v) is 4.68. The van der Waals surface area contributed by atoms with Crippen LogP contribution in [0.5, 0.6) is 0 Å². The van der Waals surface area contributed by atoms with E-state index in [1.54, 1.807) is 6.92 Å². The number of nitrogens with one attached hydrogen (secondary N) is 1. The Kier molecular flexibility index (Phi) is 3.98. The lowest BCUT2D eigenvalue weighted by Crippen LogP contribution is -2.41. The molecule has 0 aromatic heterocycles. The first-order valence-electron chi connectivity index (χ1n) is 7.36. The predicted molar refractivity (Wildman–Crippen MR) is 91.8 cm³/mol. The highest BCUT2D eigenvalue weighted by molar-refractivity contribution is 9.10. The van der Waals surface area contributed by atoms with E-state index in [1.165, 1.54) is 4.90 Å². The van der Waals surface area contributed by atoms with E-state index in [1.807, 2.05) is 55.5 Å². The van der Waals surface area contributed by atoms with Crippen molar-refractivity contribution in [2.75, 3.05) is 0 Å². The second kappa shape index (κ2) is 5.81. The molecule has 23 heavy (non-hydrogen) atoms. The molecule has 1 fully saturated rings. The molecular weight excluding hydrogens is 356 g/mol. The molecule has 5 heteroatoms. The molecule has 0 spiro atoms. The minimum absolute atomic E-state index is 0.225.